The molecule has 1 aromatic rings. The van der Waals surface area contributed by atoms with Crippen LogP contribution in [0.4, 0.5) is 0 Å². The summed E-state index contributed by atoms with van der Waals surface area (Å²) in [5.41, 5.74) is 6.44. The molecule has 0 aromatic heterocycles. The van der Waals surface area contributed by atoms with Crippen molar-refractivity contribution in [3.8, 4) is 0 Å². The SMILES string of the molecule is CC.CCCN.CCc1ccccc1. The number of benzene rings is 1. The molecule has 14 heavy (non-hydrogen) atoms. The van der Waals surface area contributed by atoms with Crippen molar-refractivity contribution in [3.63, 3.8) is 0 Å². The summed E-state index contributed by atoms with van der Waals surface area (Å²) >= 11 is 0. The summed E-state index contributed by atoms with van der Waals surface area (Å²) in [5, 5.41) is 0. The Hall–Kier alpha value is -0.820. The van der Waals surface area contributed by atoms with Crippen LogP contribution >= 0.6 is 0 Å². The fourth-order valence-electron chi connectivity index (χ4n) is 0.714. The minimum Gasteiger partial charge on any atom is -0.330 e. The molecule has 0 aliphatic rings. The van der Waals surface area contributed by atoms with Crippen LogP contribution in [0.1, 0.15) is 39.7 Å². The van der Waals surface area contributed by atoms with Crippen LogP contribution in [0.15, 0.2) is 30.3 Å². The molecular weight excluding hydrogens is 170 g/mol. The van der Waals surface area contributed by atoms with Crippen molar-refractivity contribution in [2.24, 2.45) is 5.73 Å². The summed E-state index contributed by atoms with van der Waals surface area (Å²) in [6, 6.07) is 10.5. The minimum absolute atomic E-state index is 0.819. The van der Waals surface area contributed by atoms with E-state index in [1.807, 2.05) is 19.9 Å². The highest BCUT2D eigenvalue weighted by atomic mass is 14.5. The summed E-state index contributed by atoms with van der Waals surface area (Å²) < 4.78 is 0. The van der Waals surface area contributed by atoms with Crippen LogP contribution in [0.3, 0.4) is 0 Å². The van der Waals surface area contributed by atoms with E-state index in [2.05, 4.69) is 38.1 Å². The maximum atomic E-state index is 5.03. The first-order valence-electron chi connectivity index (χ1n) is 5.59. The lowest BCUT2D eigenvalue weighted by molar-refractivity contribution is 0.932. The van der Waals surface area contributed by atoms with E-state index < -0.39 is 0 Å². The predicted octanol–water partition coefficient (Wildman–Crippen LogP) is 3.63. The zero-order chi connectivity index (χ0) is 11.2. The van der Waals surface area contributed by atoms with E-state index in [0.717, 1.165) is 19.4 Å². The summed E-state index contributed by atoms with van der Waals surface area (Å²) in [6.45, 7) is 9.04. The average Bonchev–Trinajstić information content (AvgIpc) is 2.33. The van der Waals surface area contributed by atoms with Gasteiger partial charge in [-0.3, -0.25) is 0 Å². The third-order valence-electron chi connectivity index (χ3n) is 1.54. The van der Waals surface area contributed by atoms with E-state index in [1.54, 1.807) is 0 Å². The van der Waals surface area contributed by atoms with E-state index in [9.17, 15) is 0 Å². The largest absolute Gasteiger partial charge is 0.330 e. The molecule has 0 radical (unpaired) electrons. The molecule has 1 nitrogen and oxygen atoms in total. The van der Waals surface area contributed by atoms with Gasteiger partial charge in [-0.05, 0) is 24.9 Å². The number of hydrogen-bond donors (Lipinski definition) is 1. The molecule has 0 unspecified atom stereocenters. The van der Waals surface area contributed by atoms with E-state index >= 15 is 0 Å². The molecular formula is C13H25N. The van der Waals surface area contributed by atoms with E-state index in [-0.39, 0.29) is 0 Å². The van der Waals surface area contributed by atoms with E-state index in [0.29, 0.717) is 0 Å². The van der Waals surface area contributed by atoms with E-state index in [4.69, 9.17) is 5.73 Å². The van der Waals surface area contributed by atoms with Crippen molar-refractivity contribution in [3.05, 3.63) is 35.9 Å². The van der Waals surface area contributed by atoms with Gasteiger partial charge in [0, 0.05) is 0 Å². The van der Waals surface area contributed by atoms with Crippen LogP contribution in [0.25, 0.3) is 0 Å². The first-order chi connectivity index (χ1) is 6.85. The topological polar surface area (TPSA) is 26.0 Å². The first kappa shape index (κ1) is 15.6. The molecule has 82 valence electrons. The van der Waals surface area contributed by atoms with Gasteiger partial charge >= 0.3 is 0 Å². The lowest BCUT2D eigenvalue weighted by atomic mass is 10.2. The standard InChI is InChI=1S/C8H10.C3H9N.C2H6/c1-2-8-6-4-3-5-7-8;1-2-3-4;1-2/h3-7H,2H2,1H3;2-4H2,1H3;1-2H3. The Morgan fingerprint density at radius 2 is 1.43 bits per heavy atom. The molecule has 0 heterocycles. The van der Waals surface area contributed by atoms with E-state index in [1.165, 1.54) is 5.56 Å². The van der Waals surface area contributed by atoms with Gasteiger partial charge in [-0.25, -0.2) is 0 Å². The van der Waals surface area contributed by atoms with Crippen LogP contribution in [-0.2, 0) is 6.42 Å². The molecule has 0 amide bonds. The lowest BCUT2D eigenvalue weighted by Gasteiger charge is -1.89. The molecule has 0 fully saturated rings. The second-order valence-electron chi connectivity index (χ2n) is 2.63. The van der Waals surface area contributed by atoms with Gasteiger partial charge in [-0.15, -0.1) is 0 Å². The summed E-state index contributed by atoms with van der Waals surface area (Å²) in [7, 11) is 0. The predicted molar refractivity (Wildman–Crippen MR) is 66.5 cm³/mol. The zero-order valence-electron chi connectivity index (χ0n) is 10.1. The number of hydrogen-bond acceptors (Lipinski definition) is 1. The maximum Gasteiger partial charge on any atom is -0.00799 e. The Labute approximate surface area is 89.3 Å². The Bertz CT molecular complexity index is 168. The smallest absolute Gasteiger partial charge is 0.00799 e. The highest BCUT2D eigenvalue weighted by Gasteiger charge is 1.79. The van der Waals surface area contributed by atoms with Crippen molar-refractivity contribution in [1.29, 1.82) is 0 Å². The van der Waals surface area contributed by atoms with Gasteiger partial charge in [-0.1, -0.05) is 58.0 Å². The van der Waals surface area contributed by atoms with Crippen LogP contribution in [0.2, 0.25) is 0 Å². The van der Waals surface area contributed by atoms with Gasteiger partial charge in [0.25, 0.3) is 0 Å². The van der Waals surface area contributed by atoms with Gasteiger partial charge in [0.15, 0.2) is 0 Å². The highest BCUT2D eigenvalue weighted by molar-refractivity contribution is 5.13. The van der Waals surface area contributed by atoms with Crippen LogP contribution < -0.4 is 5.73 Å². The number of rotatable bonds is 2. The molecule has 1 aromatic carbocycles. The van der Waals surface area contributed by atoms with Crippen molar-refractivity contribution >= 4 is 0 Å². The lowest BCUT2D eigenvalue weighted by Crippen LogP contribution is -1.93. The quantitative estimate of drug-likeness (QED) is 0.766. The molecule has 0 bridgehead atoms. The second-order valence-corrected chi connectivity index (χ2v) is 2.63. The fraction of sp³-hybridized carbons (Fsp3) is 0.538. The summed E-state index contributed by atoms with van der Waals surface area (Å²) in [6.07, 6.45) is 2.24. The molecule has 0 atom stereocenters. The molecule has 0 saturated carbocycles. The summed E-state index contributed by atoms with van der Waals surface area (Å²) in [5.74, 6) is 0. The molecule has 2 N–H and O–H groups in total. The van der Waals surface area contributed by atoms with Gasteiger partial charge < -0.3 is 5.73 Å². The van der Waals surface area contributed by atoms with Crippen LogP contribution in [0.5, 0.6) is 0 Å². The minimum atomic E-state index is 0.819. The average molecular weight is 195 g/mol. The van der Waals surface area contributed by atoms with Gasteiger partial charge in [0.1, 0.15) is 0 Å². The molecule has 1 rings (SSSR count). The Kier molecular flexibility index (Phi) is 16.4. The third-order valence-corrected chi connectivity index (χ3v) is 1.54. The normalized spacial score (nSPS) is 7.79. The van der Waals surface area contributed by atoms with Crippen molar-refractivity contribution in [2.75, 3.05) is 6.54 Å². The van der Waals surface area contributed by atoms with Gasteiger partial charge in [0.2, 0.25) is 0 Å². The molecule has 0 saturated heterocycles. The number of aryl methyl sites for hydroxylation is 1. The van der Waals surface area contributed by atoms with Crippen molar-refractivity contribution < 1.29 is 0 Å². The van der Waals surface area contributed by atoms with Crippen LogP contribution in [0, 0.1) is 0 Å². The monoisotopic (exact) mass is 195 g/mol. The molecule has 0 aliphatic carbocycles. The van der Waals surface area contributed by atoms with Crippen LogP contribution in [-0.4, -0.2) is 6.54 Å². The Balaban J connectivity index is 0. The molecule has 0 spiro atoms. The Morgan fingerprint density at radius 1 is 1.00 bits per heavy atom. The van der Waals surface area contributed by atoms with Gasteiger partial charge in [0.05, 0.1) is 0 Å². The number of nitrogens with two attached hydrogens (primary N) is 1. The molecule has 0 aliphatic heterocycles. The first-order valence-corrected chi connectivity index (χ1v) is 5.59. The summed E-state index contributed by atoms with van der Waals surface area (Å²) in [4.78, 5) is 0. The third kappa shape index (κ3) is 11.2. The maximum absolute atomic E-state index is 5.03. The van der Waals surface area contributed by atoms with Gasteiger partial charge in [-0.2, -0.15) is 0 Å². The van der Waals surface area contributed by atoms with Crippen molar-refractivity contribution in [2.45, 2.75) is 40.5 Å². The Morgan fingerprint density at radius 3 is 1.64 bits per heavy atom. The second kappa shape index (κ2) is 14.7. The van der Waals surface area contributed by atoms with Crippen molar-refractivity contribution in [1.82, 2.24) is 0 Å². The fourth-order valence-corrected chi connectivity index (χ4v) is 0.714. The zero-order valence-corrected chi connectivity index (χ0v) is 10.1. The molecule has 1 heteroatoms. The highest BCUT2D eigenvalue weighted by Crippen LogP contribution is 1.96.